The number of carbonyl (C=O) groups excluding carboxylic acids is 1. The van der Waals surface area contributed by atoms with Crippen LogP contribution in [0.15, 0.2) is 24.3 Å². The van der Waals surface area contributed by atoms with Crippen LogP contribution in [-0.4, -0.2) is 54.0 Å². The molecule has 2 aliphatic rings. The van der Waals surface area contributed by atoms with E-state index in [1.54, 1.807) is 16.8 Å². The zero-order chi connectivity index (χ0) is 15.3. The number of hydrogen-bond donors (Lipinski definition) is 2. The number of methoxy groups -OCH3 is 1. The summed E-state index contributed by atoms with van der Waals surface area (Å²) in [6, 6.07) is 2.64. The number of ether oxygens (including phenoxy) is 1. The average molecular weight is 290 g/mol. The number of phenols is 1. The molecule has 0 bridgehead atoms. The highest BCUT2D eigenvalue weighted by atomic mass is 16.5. The summed E-state index contributed by atoms with van der Waals surface area (Å²) in [4.78, 5) is 16.0. The maximum atomic E-state index is 12.7. The van der Waals surface area contributed by atoms with Gasteiger partial charge in [0.25, 0.3) is 5.91 Å². The van der Waals surface area contributed by atoms with Crippen molar-refractivity contribution in [2.24, 2.45) is 0 Å². The predicted molar refractivity (Wildman–Crippen MR) is 77.7 cm³/mol. The number of aliphatic hydroxyl groups is 1. The summed E-state index contributed by atoms with van der Waals surface area (Å²) in [5, 5.41) is 20.4. The summed E-state index contributed by atoms with van der Waals surface area (Å²) in [6.45, 7) is 4.36. The van der Waals surface area contributed by atoms with Crippen LogP contribution in [0.3, 0.4) is 0 Å². The maximum absolute atomic E-state index is 12.7. The predicted octanol–water partition coefficient (Wildman–Crippen LogP) is 0.940. The number of anilines is 1. The van der Waals surface area contributed by atoms with Crippen LogP contribution in [0.5, 0.6) is 11.5 Å². The van der Waals surface area contributed by atoms with E-state index >= 15 is 0 Å². The van der Waals surface area contributed by atoms with Gasteiger partial charge in [-0.2, -0.15) is 0 Å². The molecule has 21 heavy (non-hydrogen) atoms. The number of hydrogen-bond acceptors (Lipinski definition) is 5. The van der Waals surface area contributed by atoms with Gasteiger partial charge in [0.05, 0.1) is 24.4 Å². The van der Waals surface area contributed by atoms with Crippen molar-refractivity contribution in [3.05, 3.63) is 29.8 Å². The van der Waals surface area contributed by atoms with Gasteiger partial charge in [0.2, 0.25) is 0 Å². The zero-order valence-electron chi connectivity index (χ0n) is 12.0. The van der Waals surface area contributed by atoms with E-state index < -0.39 is 6.23 Å². The summed E-state index contributed by atoms with van der Waals surface area (Å²) >= 11 is 0. The number of aliphatic hydroxyl groups excluding tert-OH is 1. The maximum Gasteiger partial charge on any atom is 0.256 e. The van der Waals surface area contributed by atoms with E-state index in [4.69, 9.17) is 4.74 Å². The molecule has 0 aromatic heterocycles. The third-order valence-electron chi connectivity index (χ3n) is 4.20. The number of nitrogens with zero attached hydrogens (tertiary/aromatic N) is 2. The van der Waals surface area contributed by atoms with Crippen molar-refractivity contribution < 1.29 is 19.7 Å². The molecule has 3 rings (SSSR count). The number of amides is 1. The largest absolute Gasteiger partial charge is 0.504 e. The van der Waals surface area contributed by atoms with Gasteiger partial charge in [-0.1, -0.05) is 12.2 Å². The Morgan fingerprint density at radius 2 is 2.14 bits per heavy atom. The molecule has 1 fully saturated rings. The minimum atomic E-state index is -0.845. The van der Waals surface area contributed by atoms with E-state index in [0.29, 0.717) is 24.2 Å². The number of carbonyl (C=O) groups is 1. The van der Waals surface area contributed by atoms with Gasteiger partial charge in [-0.05, 0) is 12.5 Å². The molecule has 6 heteroatoms. The SMILES string of the molecule is C=C1C[C@H]2[C@H](O)N(C)c3cc(O)c(OC)cc3C(=O)N2C1. The highest BCUT2D eigenvalue weighted by Crippen LogP contribution is 2.40. The molecule has 2 aliphatic heterocycles. The first-order valence-corrected chi connectivity index (χ1v) is 6.73. The van der Waals surface area contributed by atoms with E-state index in [1.165, 1.54) is 19.2 Å². The molecule has 2 atom stereocenters. The number of aromatic hydroxyl groups is 1. The van der Waals surface area contributed by atoms with Gasteiger partial charge in [0.1, 0.15) is 6.23 Å². The number of phenolic OH excluding ortho intramolecular Hbond substituents is 1. The molecule has 0 unspecified atom stereocenters. The zero-order valence-corrected chi connectivity index (χ0v) is 12.0. The fraction of sp³-hybridized carbons (Fsp3) is 0.400. The topological polar surface area (TPSA) is 73.2 Å². The summed E-state index contributed by atoms with van der Waals surface area (Å²) in [6.07, 6.45) is -0.267. The summed E-state index contributed by atoms with van der Waals surface area (Å²) < 4.78 is 5.08. The van der Waals surface area contributed by atoms with Crippen LogP contribution in [0.2, 0.25) is 0 Å². The lowest BCUT2D eigenvalue weighted by atomic mass is 10.1. The highest BCUT2D eigenvalue weighted by Gasteiger charge is 2.42. The van der Waals surface area contributed by atoms with Crippen molar-refractivity contribution in [3.8, 4) is 11.5 Å². The second-order valence-electron chi connectivity index (χ2n) is 5.52. The van der Waals surface area contributed by atoms with Gasteiger partial charge < -0.3 is 24.7 Å². The Morgan fingerprint density at radius 1 is 1.43 bits per heavy atom. The van der Waals surface area contributed by atoms with Crippen LogP contribution >= 0.6 is 0 Å². The van der Waals surface area contributed by atoms with Crippen LogP contribution in [0.4, 0.5) is 5.69 Å². The van der Waals surface area contributed by atoms with Crippen LogP contribution in [0.1, 0.15) is 16.8 Å². The van der Waals surface area contributed by atoms with Crippen molar-refractivity contribution in [2.75, 3.05) is 25.6 Å². The molecule has 2 heterocycles. The van der Waals surface area contributed by atoms with Crippen molar-refractivity contribution >= 4 is 11.6 Å². The van der Waals surface area contributed by atoms with Crippen LogP contribution in [-0.2, 0) is 0 Å². The Kier molecular flexibility index (Phi) is 3.06. The summed E-state index contributed by atoms with van der Waals surface area (Å²) in [5.74, 6) is -0.00798. The first-order valence-electron chi connectivity index (χ1n) is 6.73. The summed E-state index contributed by atoms with van der Waals surface area (Å²) in [7, 11) is 3.13. The van der Waals surface area contributed by atoms with Gasteiger partial charge in [-0.15, -0.1) is 0 Å². The average Bonchev–Trinajstić information content (AvgIpc) is 2.83. The molecule has 1 amide bonds. The van der Waals surface area contributed by atoms with Gasteiger partial charge in [-0.25, -0.2) is 0 Å². The Morgan fingerprint density at radius 3 is 2.81 bits per heavy atom. The third-order valence-corrected chi connectivity index (χ3v) is 4.20. The van der Waals surface area contributed by atoms with Gasteiger partial charge in [0.15, 0.2) is 11.5 Å². The third kappa shape index (κ3) is 1.94. The molecule has 1 aromatic carbocycles. The Labute approximate surface area is 122 Å². The van der Waals surface area contributed by atoms with E-state index in [1.807, 2.05) is 0 Å². The molecule has 0 saturated carbocycles. The number of rotatable bonds is 1. The van der Waals surface area contributed by atoms with Gasteiger partial charge >= 0.3 is 0 Å². The first-order chi connectivity index (χ1) is 9.93. The number of fused-ring (bicyclic) bond motifs is 2. The molecule has 6 nitrogen and oxygen atoms in total. The van der Waals surface area contributed by atoms with E-state index in [-0.39, 0.29) is 23.4 Å². The van der Waals surface area contributed by atoms with Crippen molar-refractivity contribution in [1.82, 2.24) is 4.90 Å². The second-order valence-corrected chi connectivity index (χ2v) is 5.52. The van der Waals surface area contributed by atoms with Crippen LogP contribution < -0.4 is 9.64 Å². The molecule has 0 spiro atoms. The van der Waals surface area contributed by atoms with Crippen LogP contribution in [0.25, 0.3) is 0 Å². The smallest absolute Gasteiger partial charge is 0.256 e. The number of benzene rings is 1. The minimum Gasteiger partial charge on any atom is -0.504 e. The fourth-order valence-corrected chi connectivity index (χ4v) is 3.06. The molecular weight excluding hydrogens is 272 g/mol. The first kappa shape index (κ1) is 13.8. The lowest BCUT2D eigenvalue weighted by molar-refractivity contribution is 0.0527. The summed E-state index contributed by atoms with van der Waals surface area (Å²) in [5.41, 5.74) is 1.82. The van der Waals surface area contributed by atoms with Gasteiger partial charge in [-0.3, -0.25) is 4.79 Å². The molecule has 1 aromatic rings. The lowest BCUT2D eigenvalue weighted by Gasteiger charge is -2.30. The van der Waals surface area contributed by atoms with Crippen molar-refractivity contribution in [1.29, 1.82) is 0 Å². The molecule has 1 saturated heterocycles. The monoisotopic (exact) mass is 290 g/mol. The van der Waals surface area contributed by atoms with Crippen LogP contribution in [0, 0.1) is 0 Å². The standard InChI is InChI=1S/C15H18N2O4/c1-8-4-11-15(20)16(2)10-6-12(18)13(21-3)5-9(10)14(19)17(11)7-8/h5-6,11,15,18,20H,1,4,7H2,2-3H3/t11-,15-/m0/s1. The fourth-order valence-electron chi connectivity index (χ4n) is 3.06. The molecule has 0 aliphatic carbocycles. The Balaban J connectivity index is 2.17. The van der Waals surface area contributed by atoms with E-state index in [9.17, 15) is 15.0 Å². The molecule has 2 N–H and O–H groups in total. The van der Waals surface area contributed by atoms with Crippen molar-refractivity contribution in [3.63, 3.8) is 0 Å². The van der Waals surface area contributed by atoms with Gasteiger partial charge in [0, 0.05) is 19.7 Å². The quantitative estimate of drug-likeness (QED) is 0.753. The van der Waals surface area contributed by atoms with E-state index in [0.717, 1.165) is 5.57 Å². The minimum absolute atomic E-state index is 0.0606. The molecule has 0 radical (unpaired) electrons. The second kappa shape index (κ2) is 4.66. The van der Waals surface area contributed by atoms with Crippen molar-refractivity contribution in [2.45, 2.75) is 18.7 Å². The molecular formula is C15H18N2O4. The molecule has 112 valence electrons. The number of likely N-dealkylation sites (N-methyl/N-ethyl adjacent to an activating group) is 1. The lowest BCUT2D eigenvalue weighted by Crippen LogP contribution is -2.47. The van der Waals surface area contributed by atoms with E-state index in [2.05, 4.69) is 6.58 Å². The normalized spacial score (nSPS) is 24.7. The highest BCUT2D eigenvalue weighted by molar-refractivity contribution is 6.02. The Bertz CT molecular complexity index is 628. The Hall–Kier alpha value is -2.21.